The summed E-state index contributed by atoms with van der Waals surface area (Å²) in [4.78, 5) is 13.3. The lowest BCUT2D eigenvalue weighted by Gasteiger charge is -2.10. The van der Waals surface area contributed by atoms with E-state index in [0.717, 1.165) is 16.6 Å². The van der Waals surface area contributed by atoms with Gasteiger partial charge in [0.1, 0.15) is 11.5 Å². The van der Waals surface area contributed by atoms with E-state index in [1.54, 1.807) is 23.5 Å². The maximum Gasteiger partial charge on any atom is 0.354 e. The van der Waals surface area contributed by atoms with Crippen molar-refractivity contribution in [1.29, 1.82) is 0 Å². The highest BCUT2D eigenvalue weighted by atomic mass is 79.9. The van der Waals surface area contributed by atoms with Crippen LogP contribution in [0.25, 0.3) is 10.2 Å². The summed E-state index contributed by atoms with van der Waals surface area (Å²) >= 11 is 4.90. The Bertz CT molecular complexity index is 884. The zero-order valence-electron chi connectivity index (χ0n) is 12.7. The highest BCUT2D eigenvalue weighted by molar-refractivity contribution is 9.10. The molecule has 0 bridgehead atoms. The van der Waals surface area contributed by atoms with E-state index in [4.69, 9.17) is 4.74 Å². The first-order valence-corrected chi connectivity index (χ1v) is 8.78. The van der Waals surface area contributed by atoms with Crippen LogP contribution in [0, 0.1) is 5.82 Å². The minimum absolute atomic E-state index is 0.285. The number of methoxy groups -OCH3 is 1. The van der Waals surface area contributed by atoms with E-state index in [0.29, 0.717) is 15.7 Å². The van der Waals surface area contributed by atoms with Crippen LogP contribution in [0.1, 0.15) is 27.9 Å². The van der Waals surface area contributed by atoms with Gasteiger partial charge >= 0.3 is 5.97 Å². The zero-order valence-corrected chi connectivity index (χ0v) is 15.1. The highest BCUT2D eigenvalue weighted by Gasteiger charge is 2.19. The van der Waals surface area contributed by atoms with Crippen molar-refractivity contribution in [3.8, 4) is 0 Å². The lowest BCUT2D eigenvalue weighted by molar-refractivity contribution is 0.0589. The molecule has 0 saturated heterocycles. The molecular weight excluding hydrogens is 381 g/mol. The Balaban J connectivity index is 2.12. The fraction of sp³-hybridized carbons (Fsp3) is 0.235. The molecule has 0 fully saturated rings. The van der Waals surface area contributed by atoms with Gasteiger partial charge in [-0.05, 0) is 30.7 Å². The van der Waals surface area contributed by atoms with Gasteiger partial charge in [-0.2, -0.15) is 0 Å². The molecular formula is C17H15BrFNO2S. The van der Waals surface area contributed by atoms with Crippen molar-refractivity contribution in [2.45, 2.75) is 19.9 Å². The summed E-state index contributed by atoms with van der Waals surface area (Å²) in [6.45, 7) is 2.37. The first kappa shape index (κ1) is 16.2. The number of nitrogens with zero attached hydrogens (tertiary/aromatic N) is 1. The van der Waals surface area contributed by atoms with Crippen LogP contribution < -0.4 is 0 Å². The van der Waals surface area contributed by atoms with Crippen molar-refractivity contribution in [2.75, 3.05) is 7.11 Å². The van der Waals surface area contributed by atoms with E-state index < -0.39 is 5.97 Å². The van der Waals surface area contributed by atoms with Crippen LogP contribution in [0.15, 0.2) is 34.8 Å². The summed E-state index contributed by atoms with van der Waals surface area (Å²) in [7, 11) is 1.35. The van der Waals surface area contributed by atoms with Gasteiger partial charge in [-0.3, -0.25) is 0 Å². The van der Waals surface area contributed by atoms with Crippen molar-refractivity contribution in [3.63, 3.8) is 0 Å². The third-order valence-electron chi connectivity index (χ3n) is 3.73. The Morgan fingerprint density at radius 2 is 2.13 bits per heavy atom. The summed E-state index contributed by atoms with van der Waals surface area (Å²) < 4.78 is 22.6. The van der Waals surface area contributed by atoms with Crippen LogP contribution in [0.2, 0.25) is 0 Å². The van der Waals surface area contributed by atoms with Gasteiger partial charge in [-0.1, -0.05) is 28.9 Å². The first-order chi connectivity index (χ1) is 11.0. The number of halogens is 2. The average Bonchev–Trinajstić information content (AvgIpc) is 3.07. The van der Waals surface area contributed by atoms with Gasteiger partial charge in [0.05, 0.1) is 23.9 Å². The minimum Gasteiger partial charge on any atom is -0.464 e. The molecule has 0 aliphatic heterocycles. The number of rotatable bonds is 4. The molecule has 0 radical (unpaired) electrons. The predicted octanol–water partition coefficient (Wildman–Crippen LogP) is 5.00. The number of carbonyl (C=O) groups excluding carboxylic acids is 1. The normalized spacial score (nSPS) is 11.1. The maximum atomic E-state index is 14.2. The number of carbonyl (C=O) groups is 1. The number of aryl methyl sites for hydroxylation is 1. The van der Waals surface area contributed by atoms with E-state index >= 15 is 0 Å². The number of thiophene rings is 1. The monoisotopic (exact) mass is 395 g/mol. The number of hydrogen-bond acceptors (Lipinski definition) is 3. The van der Waals surface area contributed by atoms with Gasteiger partial charge in [0.15, 0.2) is 0 Å². The first-order valence-electron chi connectivity index (χ1n) is 7.17. The molecule has 3 aromatic rings. The van der Waals surface area contributed by atoms with Crippen molar-refractivity contribution >= 4 is 43.5 Å². The number of esters is 1. The Morgan fingerprint density at radius 1 is 1.35 bits per heavy atom. The zero-order chi connectivity index (χ0) is 16.6. The van der Waals surface area contributed by atoms with Gasteiger partial charge in [-0.15, -0.1) is 11.3 Å². The fourth-order valence-electron chi connectivity index (χ4n) is 2.53. The van der Waals surface area contributed by atoms with Crippen molar-refractivity contribution in [2.24, 2.45) is 0 Å². The highest BCUT2D eigenvalue weighted by Crippen LogP contribution is 2.31. The summed E-state index contributed by atoms with van der Waals surface area (Å²) in [5.74, 6) is -0.716. The van der Waals surface area contributed by atoms with Crippen molar-refractivity contribution in [1.82, 2.24) is 4.57 Å². The molecule has 0 aliphatic rings. The lowest BCUT2D eigenvalue weighted by atomic mass is 10.2. The summed E-state index contributed by atoms with van der Waals surface area (Å²) in [6, 6.07) is 8.82. The standard InChI is InChI=1S/C17H15BrFNO2S/c1-3-12-7-14-16(23-12)8-15(17(21)22-2)20(14)9-10-4-5-11(18)6-13(10)19/h4-8H,3,9H2,1-2H3. The molecule has 0 amide bonds. The van der Waals surface area contributed by atoms with Gasteiger partial charge in [0.25, 0.3) is 0 Å². The smallest absolute Gasteiger partial charge is 0.354 e. The van der Waals surface area contributed by atoms with Crippen LogP contribution in [-0.2, 0) is 17.7 Å². The third-order valence-corrected chi connectivity index (χ3v) is 5.44. The molecule has 6 heteroatoms. The van der Waals surface area contributed by atoms with Crippen LogP contribution in [0.5, 0.6) is 0 Å². The van der Waals surface area contributed by atoms with Crippen LogP contribution in [0.4, 0.5) is 4.39 Å². The molecule has 3 rings (SSSR count). The average molecular weight is 396 g/mol. The van der Waals surface area contributed by atoms with E-state index in [9.17, 15) is 9.18 Å². The van der Waals surface area contributed by atoms with E-state index in [1.807, 2.05) is 10.6 Å². The lowest BCUT2D eigenvalue weighted by Crippen LogP contribution is -2.12. The van der Waals surface area contributed by atoms with E-state index in [-0.39, 0.29) is 12.4 Å². The van der Waals surface area contributed by atoms with Crippen molar-refractivity contribution < 1.29 is 13.9 Å². The Morgan fingerprint density at radius 3 is 2.78 bits per heavy atom. The fourth-order valence-corrected chi connectivity index (χ4v) is 3.91. The van der Waals surface area contributed by atoms with Gasteiger partial charge in [0, 0.05) is 14.9 Å². The topological polar surface area (TPSA) is 31.2 Å². The molecule has 3 nitrogen and oxygen atoms in total. The largest absolute Gasteiger partial charge is 0.464 e. The van der Waals surface area contributed by atoms with Gasteiger partial charge < -0.3 is 9.30 Å². The second-order valence-corrected chi connectivity index (χ2v) is 7.24. The molecule has 0 unspecified atom stereocenters. The Labute approximate surface area is 145 Å². The second kappa shape index (κ2) is 6.45. The predicted molar refractivity (Wildman–Crippen MR) is 93.7 cm³/mol. The number of aromatic nitrogens is 1. The summed E-state index contributed by atoms with van der Waals surface area (Å²) in [5, 5.41) is 0. The minimum atomic E-state index is -0.413. The third kappa shape index (κ3) is 3.05. The number of fused-ring (bicyclic) bond motifs is 1. The molecule has 0 atom stereocenters. The van der Waals surface area contributed by atoms with Gasteiger partial charge in [-0.25, -0.2) is 9.18 Å². The molecule has 2 aromatic heterocycles. The Hall–Kier alpha value is -1.66. The number of ether oxygens (including phenoxy) is 1. The number of benzene rings is 1. The molecule has 2 heterocycles. The van der Waals surface area contributed by atoms with Crippen LogP contribution in [0.3, 0.4) is 0 Å². The van der Waals surface area contributed by atoms with Crippen molar-refractivity contribution in [3.05, 3.63) is 56.8 Å². The van der Waals surface area contributed by atoms with Crippen LogP contribution >= 0.6 is 27.3 Å². The van der Waals surface area contributed by atoms with E-state index in [1.165, 1.54) is 18.1 Å². The quantitative estimate of drug-likeness (QED) is 0.581. The number of hydrogen-bond donors (Lipinski definition) is 0. The van der Waals surface area contributed by atoms with Gasteiger partial charge in [0.2, 0.25) is 0 Å². The molecule has 1 aromatic carbocycles. The molecule has 23 heavy (non-hydrogen) atoms. The second-order valence-electron chi connectivity index (χ2n) is 5.16. The molecule has 0 spiro atoms. The maximum absolute atomic E-state index is 14.2. The van der Waals surface area contributed by atoms with Crippen LogP contribution in [-0.4, -0.2) is 17.6 Å². The SMILES string of the molecule is CCc1cc2c(cc(C(=O)OC)n2Cc2ccc(Br)cc2F)s1. The van der Waals surface area contributed by atoms with E-state index in [2.05, 4.69) is 28.9 Å². The summed E-state index contributed by atoms with van der Waals surface area (Å²) in [5.41, 5.74) is 1.91. The molecule has 0 saturated carbocycles. The summed E-state index contributed by atoms with van der Waals surface area (Å²) in [6.07, 6.45) is 0.930. The molecule has 0 aliphatic carbocycles. The Kier molecular flexibility index (Phi) is 4.55. The molecule has 0 N–H and O–H groups in total. The molecule has 120 valence electrons.